The van der Waals surface area contributed by atoms with Crippen molar-refractivity contribution in [1.29, 1.82) is 5.26 Å². The number of carbonyl (C=O) groups excluding carboxylic acids is 4. The van der Waals surface area contributed by atoms with Crippen LogP contribution in [0.2, 0.25) is 0 Å². The van der Waals surface area contributed by atoms with E-state index in [9.17, 15) is 24.4 Å². The van der Waals surface area contributed by atoms with Crippen LogP contribution in [0.5, 0.6) is 0 Å². The summed E-state index contributed by atoms with van der Waals surface area (Å²) in [5.74, 6) is -5.27. The van der Waals surface area contributed by atoms with Crippen LogP contribution in [0.1, 0.15) is 99.9 Å². The van der Waals surface area contributed by atoms with Crippen molar-refractivity contribution in [3.05, 3.63) is 82.6 Å². The highest BCUT2D eigenvalue weighted by atomic mass is 16.6. The first kappa shape index (κ1) is 32.8. The summed E-state index contributed by atoms with van der Waals surface area (Å²) in [6.45, 7) is 10.0. The van der Waals surface area contributed by atoms with Gasteiger partial charge in [-0.3, -0.25) is 19.4 Å². The maximum atomic E-state index is 14.9. The maximum Gasteiger partial charge on any atom is 0.337 e. The largest absolute Gasteiger partial charge is 0.459 e. The van der Waals surface area contributed by atoms with E-state index in [0.29, 0.717) is 5.56 Å². The van der Waals surface area contributed by atoms with Gasteiger partial charge in [-0.25, -0.2) is 4.79 Å². The van der Waals surface area contributed by atoms with Gasteiger partial charge in [-0.05, 0) is 59.9 Å². The molecule has 1 fully saturated rings. The molecular formula is C37H41N3O6. The van der Waals surface area contributed by atoms with Crippen molar-refractivity contribution in [3.63, 3.8) is 0 Å². The first-order valence-electron chi connectivity index (χ1n) is 15.8. The van der Waals surface area contributed by atoms with Crippen LogP contribution in [0.25, 0.3) is 0 Å². The summed E-state index contributed by atoms with van der Waals surface area (Å²) in [5.41, 5.74) is -6.54. The van der Waals surface area contributed by atoms with Crippen molar-refractivity contribution in [3.8, 4) is 6.07 Å². The zero-order chi connectivity index (χ0) is 33.5. The molecule has 240 valence electrons. The minimum Gasteiger partial charge on any atom is -0.459 e. The van der Waals surface area contributed by atoms with Gasteiger partial charge in [0.05, 0.1) is 11.3 Å². The van der Waals surface area contributed by atoms with Gasteiger partial charge in [-0.2, -0.15) is 5.26 Å². The first-order chi connectivity index (χ1) is 21.7. The van der Waals surface area contributed by atoms with Crippen LogP contribution in [0.4, 0.5) is 0 Å². The molecule has 2 aromatic rings. The van der Waals surface area contributed by atoms with Crippen LogP contribution in [-0.2, 0) is 19.1 Å². The van der Waals surface area contributed by atoms with E-state index in [4.69, 9.17) is 14.5 Å². The summed E-state index contributed by atoms with van der Waals surface area (Å²) < 4.78 is 11.8. The monoisotopic (exact) mass is 623 g/mol. The quantitative estimate of drug-likeness (QED) is 0.238. The molecule has 0 amide bonds. The molecule has 1 spiro atoms. The highest BCUT2D eigenvalue weighted by molar-refractivity contribution is 6.34. The smallest absolute Gasteiger partial charge is 0.337 e. The topological polar surface area (TPSA) is 135 Å². The fourth-order valence-electron chi connectivity index (χ4n) is 6.85. The van der Waals surface area contributed by atoms with E-state index in [0.717, 1.165) is 32.1 Å². The number of nitrogens with one attached hydrogen (secondary N) is 1. The second-order valence-electron chi connectivity index (χ2n) is 14.2. The lowest BCUT2D eigenvalue weighted by Crippen LogP contribution is -2.59. The molecule has 46 heavy (non-hydrogen) atoms. The third kappa shape index (κ3) is 5.55. The highest BCUT2D eigenvalue weighted by Crippen LogP contribution is 2.62. The summed E-state index contributed by atoms with van der Waals surface area (Å²) in [6.07, 6.45) is 5.71. The number of benzene rings is 2. The van der Waals surface area contributed by atoms with E-state index in [1.165, 1.54) is 18.3 Å². The van der Waals surface area contributed by atoms with E-state index < -0.39 is 51.6 Å². The van der Waals surface area contributed by atoms with Crippen LogP contribution in [-0.4, -0.2) is 52.5 Å². The molecule has 9 nitrogen and oxygen atoms in total. The Hall–Kier alpha value is -4.58. The summed E-state index contributed by atoms with van der Waals surface area (Å²) in [6, 6.07) is 17.2. The lowest BCUT2D eigenvalue weighted by atomic mass is 9.62. The fourth-order valence-corrected chi connectivity index (χ4v) is 6.85. The number of ketones is 2. The molecule has 3 aliphatic carbocycles. The Morgan fingerprint density at radius 2 is 1.41 bits per heavy atom. The first-order valence-corrected chi connectivity index (χ1v) is 15.8. The number of nitriles is 1. The molecule has 9 heteroatoms. The Bertz CT molecular complexity index is 1630. The van der Waals surface area contributed by atoms with Crippen molar-refractivity contribution < 1.29 is 28.7 Å². The molecule has 0 unspecified atom stereocenters. The molecule has 0 radical (unpaired) electrons. The normalized spacial score (nSPS) is 23.0. The van der Waals surface area contributed by atoms with E-state index in [1.807, 2.05) is 6.07 Å². The number of fused-ring (bicyclic) bond motifs is 1. The SMILES string of the molecule is CC(C)(C)OC(=O)C1=C(NC2CCCCC2)[C@@](C#N)(N=Cc2ccccc2)C2(C(=O)c3ccccc3C2=O)[C@H]1C(=O)OC(C)(C)C. The molecule has 0 bridgehead atoms. The summed E-state index contributed by atoms with van der Waals surface area (Å²) in [7, 11) is 0. The van der Waals surface area contributed by atoms with Gasteiger partial charge in [-0.15, -0.1) is 0 Å². The average Bonchev–Trinajstić information content (AvgIpc) is 3.38. The highest BCUT2D eigenvalue weighted by Gasteiger charge is 2.79. The number of hydrogen-bond donors (Lipinski definition) is 1. The van der Waals surface area contributed by atoms with Gasteiger partial charge >= 0.3 is 11.9 Å². The zero-order valence-electron chi connectivity index (χ0n) is 27.3. The van der Waals surface area contributed by atoms with Crippen LogP contribution in [0.3, 0.4) is 0 Å². The molecule has 0 aromatic heterocycles. The number of ether oxygens (including phenoxy) is 2. The third-order valence-electron chi connectivity index (χ3n) is 8.64. The predicted molar refractivity (Wildman–Crippen MR) is 172 cm³/mol. The Kier molecular flexibility index (Phi) is 8.54. The molecule has 1 saturated carbocycles. The molecule has 5 rings (SSSR count). The second-order valence-corrected chi connectivity index (χ2v) is 14.2. The zero-order valence-corrected chi connectivity index (χ0v) is 27.3. The number of esters is 2. The summed E-state index contributed by atoms with van der Waals surface area (Å²) >= 11 is 0. The van der Waals surface area contributed by atoms with Crippen molar-refractivity contribution >= 4 is 29.7 Å². The second kappa shape index (κ2) is 12.0. The predicted octanol–water partition coefficient (Wildman–Crippen LogP) is 5.92. The molecule has 0 aliphatic heterocycles. The van der Waals surface area contributed by atoms with Gasteiger partial charge in [-0.1, -0.05) is 73.9 Å². The molecule has 2 aromatic carbocycles. The average molecular weight is 624 g/mol. The van der Waals surface area contributed by atoms with Crippen molar-refractivity contribution in [2.45, 2.75) is 96.4 Å². The van der Waals surface area contributed by atoms with Gasteiger partial charge in [0, 0.05) is 23.4 Å². The lowest BCUT2D eigenvalue weighted by molar-refractivity contribution is -0.164. The van der Waals surface area contributed by atoms with Crippen molar-refractivity contribution in [2.24, 2.45) is 16.3 Å². The van der Waals surface area contributed by atoms with Crippen molar-refractivity contribution in [2.75, 3.05) is 0 Å². The molecule has 0 saturated heterocycles. The Morgan fingerprint density at radius 1 is 0.870 bits per heavy atom. The third-order valence-corrected chi connectivity index (χ3v) is 8.64. The molecule has 2 atom stereocenters. The Balaban J connectivity index is 1.90. The molecular weight excluding hydrogens is 582 g/mol. The number of aliphatic imine (C=N–C) groups is 1. The van der Waals surface area contributed by atoms with Gasteiger partial charge in [0.15, 0.2) is 17.0 Å². The Morgan fingerprint density at radius 3 is 1.93 bits per heavy atom. The van der Waals surface area contributed by atoms with Crippen LogP contribution in [0, 0.1) is 22.7 Å². The van der Waals surface area contributed by atoms with Crippen LogP contribution >= 0.6 is 0 Å². The number of rotatable bonds is 6. The van der Waals surface area contributed by atoms with E-state index in [2.05, 4.69) is 11.4 Å². The minimum absolute atomic E-state index is 0.0537. The molecule has 1 N–H and O–H groups in total. The number of hydrogen-bond acceptors (Lipinski definition) is 9. The maximum absolute atomic E-state index is 14.9. The number of nitrogens with zero attached hydrogens (tertiary/aromatic N) is 2. The number of Topliss-reactive ketones (excluding diaryl/α,β-unsaturated/α-hetero) is 2. The lowest BCUT2D eigenvalue weighted by Gasteiger charge is -2.39. The number of carbonyl (C=O) groups is 4. The minimum atomic E-state index is -2.48. The van der Waals surface area contributed by atoms with Crippen LogP contribution in [0.15, 0.2) is 70.9 Å². The Labute approximate surface area is 270 Å². The molecule has 0 heterocycles. The van der Waals surface area contributed by atoms with Crippen molar-refractivity contribution in [1.82, 2.24) is 5.32 Å². The van der Waals surface area contributed by atoms with E-state index >= 15 is 0 Å². The van der Waals surface area contributed by atoms with E-state index in [1.54, 1.807) is 77.9 Å². The summed E-state index contributed by atoms with van der Waals surface area (Å²) in [5, 5.41) is 14.8. The van der Waals surface area contributed by atoms with Crippen LogP contribution < -0.4 is 5.32 Å². The van der Waals surface area contributed by atoms with Gasteiger partial charge in [0.2, 0.25) is 5.54 Å². The fraction of sp³-hybridized carbons (Fsp3) is 0.459. The standard InChI is InChI=1S/C37H41N3O6/c1-34(2,3)45-32(43)27-28(33(44)46-35(4,5)6)37(30(41)25-19-13-14-20-26(25)31(37)42)36(22-38,39-21-23-15-9-7-10-16-23)29(27)40-24-17-11-8-12-18-24/h7,9-10,13-16,19-21,24,28,40H,8,11-12,17-18H2,1-6H3/t28-,36-/m1/s1. The van der Waals surface area contributed by atoms with Gasteiger partial charge in [0.1, 0.15) is 23.2 Å². The van der Waals surface area contributed by atoms with Gasteiger partial charge in [0.25, 0.3) is 0 Å². The summed E-state index contributed by atoms with van der Waals surface area (Å²) in [4.78, 5) is 63.5. The molecule has 3 aliphatic rings. The van der Waals surface area contributed by atoms with Gasteiger partial charge < -0.3 is 14.8 Å². The van der Waals surface area contributed by atoms with E-state index in [-0.39, 0.29) is 28.4 Å².